The molecule has 258 valence electrons. The van der Waals surface area contributed by atoms with Crippen molar-refractivity contribution in [2.45, 2.75) is 12.4 Å². The molecule has 0 aliphatic carbocycles. The first kappa shape index (κ1) is 36.2. The zero-order chi connectivity index (χ0) is 36.9. The Morgan fingerprint density at radius 1 is 0.188 bits per heavy atom. The Bertz CT molecular complexity index is 1850. The summed E-state index contributed by atoms with van der Waals surface area (Å²) in [5.74, 6) is -55.0. The van der Waals surface area contributed by atoms with Gasteiger partial charge in [-0.15, -0.1) is 0 Å². The average molecular weight is 730 g/mol. The second-order valence-electron chi connectivity index (χ2n) is 9.02. The van der Waals surface area contributed by atoms with E-state index in [2.05, 4.69) is 0 Å². The van der Waals surface area contributed by atoms with Crippen molar-refractivity contribution in [1.29, 1.82) is 0 Å². The maximum absolute atomic E-state index is 15.7. The molecule has 0 bridgehead atoms. The third kappa shape index (κ3) is 5.06. The van der Waals surface area contributed by atoms with Crippen LogP contribution in [0.2, 0.25) is 0 Å². The number of alkyl halides is 6. The van der Waals surface area contributed by atoms with Crippen molar-refractivity contribution in [1.82, 2.24) is 0 Å². The molecule has 0 fully saturated rings. The Kier molecular flexibility index (Phi) is 8.66. The van der Waals surface area contributed by atoms with Crippen molar-refractivity contribution < 1.29 is 96.6 Å². The van der Waals surface area contributed by atoms with E-state index in [9.17, 15) is 79.0 Å². The number of hydrogen-bond donors (Lipinski definition) is 0. The summed E-state index contributed by atoms with van der Waals surface area (Å²) in [5.41, 5.74) is -27.2. The lowest BCUT2D eigenvalue weighted by Crippen LogP contribution is -2.20. The first-order chi connectivity index (χ1) is 21.8. The molecule has 48 heavy (non-hydrogen) atoms. The smallest absolute Gasteiger partial charge is 0.205 e. The van der Waals surface area contributed by atoms with Crippen molar-refractivity contribution in [3.63, 3.8) is 0 Å². The monoisotopic (exact) mass is 730 g/mol. The van der Waals surface area contributed by atoms with Crippen molar-refractivity contribution in [2.24, 2.45) is 0 Å². The molecule has 0 saturated carbocycles. The molecule has 0 saturated heterocycles. The molecular weight excluding hydrogens is 730 g/mol. The molecule has 0 N–H and O–H groups in total. The lowest BCUT2D eigenvalue weighted by atomic mass is 9.88. The van der Waals surface area contributed by atoms with Crippen LogP contribution in [0.15, 0.2) is 0 Å². The van der Waals surface area contributed by atoms with Crippen LogP contribution in [0.4, 0.5) is 96.6 Å². The summed E-state index contributed by atoms with van der Waals surface area (Å²) in [4.78, 5) is 0. The Morgan fingerprint density at radius 3 is 0.500 bits per heavy atom. The molecule has 4 aromatic rings. The molecule has 0 unspecified atom stereocenters. The van der Waals surface area contributed by atoms with Crippen LogP contribution in [0.1, 0.15) is 11.1 Å². The molecule has 0 aromatic heterocycles. The SMILES string of the molecule is Fc1c(F)c(F)c(-c2c(F)c(-c3c(F)c(-c4c(F)c(F)c(F)c(F)c4F)c(F)c(C(F)(F)F)c3F)c(F)c(C(F)(F)F)c2F)c(F)c1F. The van der Waals surface area contributed by atoms with E-state index < -0.39 is 150 Å². The van der Waals surface area contributed by atoms with Gasteiger partial charge in [0.05, 0.1) is 33.4 Å². The molecule has 0 nitrogen and oxygen atoms in total. The van der Waals surface area contributed by atoms with Gasteiger partial charge in [0.25, 0.3) is 0 Å². The Balaban J connectivity index is 2.42. The van der Waals surface area contributed by atoms with Gasteiger partial charge in [-0.1, -0.05) is 0 Å². The average Bonchev–Trinajstić information content (AvgIpc) is 2.96. The zero-order valence-electron chi connectivity index (χ0n) is 21.3. The highest BCUT2D eigenvalue weighted by atomic mass is 19.4. The number of halogens is 22. The van der Waals surface area contributed by atoms with Crippen LogP contribution in [0.5, 0.6) is 0 Å². The number of hydrogen-bond acceptors (Lipinski definition) is 0. The second-order valence-corrected chi connectivity index (χ2v) is 9.02. The lowest BCUT2D eigenvalue weighted by molar-refractivity contribution is -0.143. The van der Waals surface area contributed by atoms with Crippen LogP contribution in [-0.4, -0.2) is 0 Å². The van der Waals surface area contributed by atoms with Crippen molar-refractivity contribution in [3.8, 4) is 33.4 Å². The topological polar surface area (TPSA) is 0 Å². The Morgan fingerprint density at radius 2 is 0.333 bits per heavy atom. The summed E-state index contributed by atoms with van der Waals surface area (Å²) in [6.07, 6.45) is -13.5. The molecular formula is C26F22. The van der Waals surface area contributed by atoms with Gasteiger partial charge in [0.1, 0.15) is 46.0 Å². The van der Waals surface area contributed by atoms with Gasteiger partial charge in [-0.2, -0.15) is 26.3 Å². The first-order valence-corrected chi connectivity index (χ1v) is 11.4. The van der Waals surface area contributed by atoms with E-state index in [0.717, 1.165) is 0 Å². The molecule has 0 atom stereocenters. The fourth-order valence-corrected chi connectivity index (χ4v) is 4.35. The van der Waals surface area contributed by atoms with Crippen LogP contribution in [0, 0.1) is 93.1 Å². The molecule has 0 amide bonds. The molecule has 0 aliphatic heterocycles. The van der Waals surface area contributed by atoms with Crippen LogP contribution >= 0.6 is 0 Å². The van der Waals surface area contributed by atoms with E-state index >= 15 is 17.6 Å². The normalized spacial score (nSPS) is 12.4. The maximum Gasteiger partial charge on any atom is 0.422 e. The lowest BCUT2D eigenvalue weighted by Gasteiger charge is -2.22. The van der Waals surface area contributed by atoms with Crippen LogP contribution < -0.4 is 0 Å². The standard InChI is InChI=1S/C26F22/c27-9-1(11(29)7(25(43,44)45)13(31)3(9)5-15(33)19(37)23(41)20(38)16(5)34)2-10(28)4(14(32)8(12(2)30)26(46,47)48)6-17(35)21(39)24(42)22(40)18(6)36. The summed E-state index contributed by atoms with van der Waals surface area (Å²) in [6.45, 7) is 0. The van der Waals surface area contributed by atoms with E-state index in [1.807, 2.05) is 0 Å². The van der Waals surface area contributed by atoms with E-state index in [1.165, 1.54) is 0 Å². The molecule has 0 heterocycles. The summed E-state index contributed by atoms with van der Waals surface area (Å²) < 4.78 is 314. The minimum absolute atomic E-state index is 3.10. The number of benzene rings is 4. The van der Waals surface area contributed by atoms with E-state index in [-0.39, 0.29) is 0 Å². The molecule has 22 heteroatoms. The van der Waals surface area contributed by atoms with Gasteiger partial charge in [0.2, 0.25) is 11.6 Å². The van der Waals surface area contributed by atoms with E-state index in [0.29, 0.717) is 0 Å². The highest BCUT2D eigenvalue weighted by Crippen LogP contribution is 2.50. The van der Waals surface area contributed by atoms with E-state index in [4.69, 9.17) is 0 Å². The fourth-order valence-electron chi connectivity index (χ4n) is 4.35. The predicted octanol–water partition coefficient (Wildman–Crippen LogP) is 11.0. The Labute approximate surface area is 247 Å². The van der Waals surface area contributed by atoms with Gasteiger partial charge in [-0.3, -0.25) is 0 Å². The van der Waals surface area contributed by atoms with Crippen LogP contribution in [0.25, 0.3) is 33.4 Å². The van der Waals surface area contributed by atoms with Gasteiger partial charge < -0.3 is 0 Å². The quantitative estimate of drug-likeness (QED) is 0.112. The summed E-state index contributed by atoms with van der Waals surface area (Å²) in [6, 6.07) is 0. The van der Waals surface area contributed by atoms with Crippen LogP contribution in [0.3, 0.4) is 0 Å². The van der Waals surface area contributed by atoms with Gasteiger partial charge in [-0.05, 0) is 0 Å². The van der Waals surface area contributed by atoms with Crippen molar-refractivity contribution in [3.05, 3.63) is 104 Å². The van der Waals surface area contributed by atoms with Crippen molar-refractivity contribution >= 4 is 0 Å². The van der Waals surface area contributed by atoms with Gasteiger partial charge in [-0.25, -0.2) is 70.2 Å². The third-order valence-corrected chi connectivity index (χ3v) is 6.37. The molecule has 0 spiro atoms. The molecule has 4 aromatic carbocycles. The Hall–Kier alpha value is -4.66. The van der Waals surface area contributed by atoms with E-state index in [1.54, 1.807) is 0 Å². The highest BCUT2D eigenvalue weighted by Gasteiger charge is 2.48. The van der Waals surface area contributed by atoms with Crippen LogP contribution in [-0.2, 0) is 12.4 Å². The van der Waals surface area contributed by atoms with Gasteiger partial charge >= 0.3 is 12.4 Å². The predicted molar refractivity (Wildman–Crippen MR) is 112 cm³/mol. The molecule has 0 aliphatic rings. The third-order valence-electron chi connectivity index (χ3n) is 6.37. The highest BCUT2D eigenvalue weighted by molar-refractivity contribution is 5.82. The first-order valence-electron chi connectivity index (χ1n) is 11.4. The summed E-state index contributed by atoms with van der Waals surface area (Å²) >= 11 is 0. The summed E-state index contributed by atoms with van der Waals surface area (Å²) in [5, 5.41) is 0. The fraction of sp³-hybridized carbons (Fsp3) is 0.0769. The van der Waals surface area contributed by atoms with Gasteiger partial charge in [0, 0.05) is 0 Å². The number of rotatable bonds is 3. The minimum Gasteiger partial charge on any atom is -0.205 e. The summed E-state index contributed by atoms with van der Waals surface area (Å²) in [7, 11) is 0. The molecule has 0 radical (unpaired) electrons. The zero-order valence-corrected chi connectivity index (χ0v) is 21.3. The van der Waals surface area contributed by atoms with Crippen molar-refractivity contribution in [2.75, 3.05) is 0 Å². The second kappa shape index (κ2) is 11.5. The molecule has 4 rings (SSSR count). The maximum atomic E-state index is 15.7. The largest absolute Gasteiger partial charge is 0.422 e. The van der Waals surface area contributed by atoms with Gasteiger partial charge in [0.15, 0.2) is 46.5 Å². The minimum atomic E-state index is -6.74.